The fourth-order valence-corrected chi connectivity index (χ4v) is 4.38. The number of amides is 1. The van der Waals surface area contributed by atoms with Crippen LogP contribution in [0.4, 0.5) is 5.69 Å². The fourth-order valence-electron chi connectivity index (χ4n) is 4.38. The Bertz CT molecular complexity index is 805. The molecule has 7 nitrogen and oxygen atoms in total. The number of carbonyl (C=O) groups is 1. The van der Waals surface area contributed by atoms with Gasteiger partial charge in [0.05, 0.1) is 11.4 Å². The molecule has 1 amide bonds. The largest absolute Gasteiger partial charge is 0.368 e. The molecule has 0 bridgehead atoms. The Morgan fingerprint density at radius 1 is 1.12 bits per heavy atom. The summed E-state index contributed by atoms with van der Waals surface area (Å²) < 4.78 is 1.84. The van der Waals surface area contributed by atoms with Crippen molar-refractivity contribution in [2.24, 2.45) is 5.92 Å². The van der Waals surface area contributed by atoms with Crippen LogP contribution in [0.2, 0.25) is 0 Å². The number of anilines is 1. The van der Waals surface area contributed by atoms with Crippen molar-refractivity contribution in [2.75, 3.05) is 31.1 Å². The van der Waals surface area contributed by atoms with Crippen LogP contribution in [0.1, 0.15) is 56.6 Å². The van der Waals surface area contributed by atoms with Crippen LogP contribution in [-0.4, -0.2) is 56.8 Å². The Labute approximate surface area is 153 Å². The lowest BCUT2D eigenvalue weighted by atomic mass is 9.93. The first kappa shape index (κ1) is 16.0. The lowest BCUT2D eigenvalue weighted by molar-refractivity contribution is -0.127. The summed E-state index contributed by atoms with van der Waals surface area (Å²) in [5.41, 5.74) is 3.24. The van der Waals surface area contributed by atoms with Crippen molar-refractivity contribution in [1.82, 2.24) is 24.7 Å². The maximum absolute atomic E-state index is 11.8. The molecule has 5 rings (SSSR count). The van der Waals surface area contributed by atoms with Crippen molar-refractivity contribution in [3.8, 4) is 0 Å². The van der Waals surface area contributed by atoms with Crippen molar-refractivity contribution in [2.45, 2.75) is 50.9 Å². The van der Waals surface area contributed by atoms with Gasteiger partial charge in [0.15, 0.2) is 0 Å². The molecule has 2 aromatic rings. The number of carbonyl (C=O) groups excluding carboxylic acids is 1. The summed E-state index contributed by atoms with van der Waals surface area (Å²) in [7, 11) is 0. The molecule has 0 spiro atoms. The van der Waals surface area contributed by atoms with Crippen molar-refractivity contribution >= 4 is 17.2 Å². The topological polar surface area (TPSA) is 66.6 Å². The van der Waals surface area contributed by atoms with E-state index in [9.17, 15) is 4.79 Å². The highest BCUT2D eigenvalue weighted by Gasteiger charge is 2.29. The Morgan fingerprint density at radius 2 is 1.96 bits per heavy atom. The molecule has 0 unspecified atom stereocenters. The molecule has 2 aromatic heterocycles. The quantitative estimate of drug-likeness (QED) is 0.824. The number of nitrogens with zero attached hydrogens (tertiary/aromatic N) is 6. The van der Waals surface area contributed by atoms with E-state index in [4.69, 9.17) is 0 Å². The van der Waals surface area contributed by atoms with Crippen LogP contribution in [0, 0.1) is 5.92 Å². The molecule has 2 saturated heterocycles. The van der Waals surface area contributed by atoms with Gasteiger partial charge >= 0.3 is 0 Å². The summed E-state index contributed by atoms with van der Waals surface area (Å²) in [5.74, 6) is 1.69. The maximum Gasteiger partial charge on any atom is 0.222 e. The van der Waals surface area contributed by atoms with Crippen LogP contribution in [0.3, 0.4) is 0 Å². The van der Waals surface area contributed by atoms with Gasteiger partial charge in [-0.1, -0.05) is 0 Å². The summed E-state index contributed by atoms with van der Waals surface area (Å²) in [6.07, 6.45) is 9.50. The lowest BCUT2D eigenvalue weighted by Crippen LogP contribution is -2.36. The molecular formula is C19H26N6O. The molecule has 3 aliphatic rings. The zero-order chi connectivity index (χ0) is 17.5. The highest BCUT2D eigenvalue weighted by Crippen LogP contribution is 2.40. The SMILES string of the molecule is O=C1CCCN1CCC1CCN(c2cc(C3CC3)nn3cnnc23)CC1. The van der Waals surface area contributed by atoms with Crippen molar-refractivity contribution in [3.63, 3.8) is 0 Å². The van der Waals surface area contributed by atoms with Crippen LogP contribution in [0.15, 0.2) is 12.4 Å². The van der Waals surface area contributed by atoms with Gasteiger partial charge in [0.1, 0.15) is 6.33 Å². The molecule has 1 aliphatic carbocycles. The van der Waals surface area contributed by atoms with Gasteiger partial charge in [-0.2, -0.15) is 9.61 Å². The molecule has 0 N–H and O–H groups in total. The van der Waals surface area contributed by atoms with Gasteiger partial charge in [0.2, 0.25) is 11.6 Å². The van der Waals surface area contributed by atoms with Crippen LogP contribution in [0.5, 0.6) is 0 Å². The van der Waals surface area contributed by atoms with E-state index in [1.54, 1.807) is 6.33 Å². The predicted octanol–water partition coefficient (Wildman–Crippen LogP) is 2.23. The summed E-state index contributed by atoms with van der Waals surface area (Å²) >= 11 is 0. The first-order valence-corrected chi connectivity index (χ1v) is 10.0. The van der Waals surface area contributed by atoms with Gasteiger partial charge in [-0.25, -0.2) is 0 Å². The number of rotatable bonds is 5. The highest BCUT2D eigenvalue weighted by atomic mass is 16.2. The number of aromatic nitrogens is 4. The number of hydrogen-bond acceptors (Lipinski definition) is 5. The third-order valence-electron chi connectivity index (χ3n) is 6.20. The number of piperidine rings is 1. The molecule has 0 aromatic carbocycles. The van der Waals surface area contributed by atoms with Crippen molar-refractivity contribution in [1.29, 1.82) is 0 Å². The first-order valence-electron chi connectivity index (χ1n) is 10.0. The van der Waals surface area contributed by atoms with Gasteiger partial charge in [-0.15, -0.1) is 10.2 Å². The van der Waals surface area contributed by atoms with E-state index in [-0.39, 0.29) is 0 Å². The molecule has 26 heavy (non-hydrogen) atoms. The van der Waals surface area contributed by atoms with E-state index in [1.807, 2.05) is 4.52 Å². The van der Waals surface area contributed by atoms with E-state index < -0.39 is 0 Å². The summed E-state index contributed by atoms with van der Waals surface area (Å²) in [6.45, 7) is 4.01. The van der Waals surface area contributed by atoms with E-state index in [1.165, 1.54) is 37.1 Å². The second-order valence-electron chi connectivity index (χ2n) is 8.03. The van der Waals surface area contributed by atoms with E-state index in [0.29, 0.717) is 11.8 Å². The normalized spacial score (nSPS) is 21.9. The van der Waals surface area contributed by atoms with Crippen LogP contribution < -0.4 is 4.90 Å². The molecule has 1 saturated carbocycles. The Morgan fingerprint density at radius 3 is 2.69 bits per heavy atom. The van der Waals surface area contributed by atoms with Gasteiger partial charge in [-0.05, 0) is 50.5 Å². The minimum Gasteiger partial charge on any atom is -0.368 e. The standard InChI is InChI=1S/C19H26N6O/c26-18-2-1-8-24(18)11-7-14-5-9-23(10-6-14)17-12-16(15-3-4-15)22-25-13-20-21-19(17)25/h12-15H,1-11H2. The molecular weight excluding hydrogens is 328 g/mol. The maximum atomic E-state index is 11.8. The van der Waals surface area contributed by atoms with Crippen LogP contribution in [-0.2, 0) is 4.79 Å². The highest BCUT2D eigenvalue weighted by molar-refractivity contribution is 5.78. The second-order valence-corrected chi connectivity index (χ2v) is 8.03. The van der Waals surface area contributed by atoms with Crippen molar-refractivity contribution in [3.05, 3.63) is 18.1 Å². The monoisotopic (exact) mass is 354 g/mol. The average molecular weight is 354 g/mol. The van der Waals surface area contributed by atoms with Crippen molar-refractivity contribution < 1.29 is 4.79 Å². The zero-order valence-corrected chi connectivity index (χ0v) is 15.2. The fraction of sp³-hybridized carbons (Fsp3) is 0.684. The Hall–Kier alpha value is -2.18. The molecule has 0 atom stereocenters. The number of fused-ring (bicyclic) bond motifs is 1. The Kier molecular flexibility index (Phi) is 4.02. The molecule has 3 fully saturated rings. The second kappa shape index (κ2) is 6.52. The smallest absolute Gasteiger partial charge is 0.222 e. The lowest BCUT2D eigenvalue weighted by Gasteiger charge is -2.34. The summed E-state index contributed by atoms with van der Waals surface area (Å²) in [6, 6.07) is 2.24. The third kappa shape index (κ3) is 3.04. The van der Waals surface area contributed by atoms with Gasteiger partial charge in [0.25, 0.3) is 0 Å². The van der Waals surface area contributed by atoms with Gasteiger partial charge in [-0.3, -0.25) is 4.79 Å². The molecule has 7 heteroatoms. The zero-order valence-electron chi connectivity index (χ0n) is 15.2. The van der Waals surface area contributed by atoms with E-state index in [0.717, 1.165) is 57.0 Å². The van der Waals surface area contributed by atoms with Crippen LogP contribution >= 0.6 is 0 Å². The molecule has 4 heterocycles. The third-order valence-corrected chi connectivity index (χ3v) is 6.20. The molecule has 138 valence electrons. The average Bonchev–Trinajstić information content (AvgIpc) is 3.27. The minimum absolute atomic E-state index is 0.348. The molecule has 0 radical (unpaired) electrons. The number of likely N-dealkylation sites (tertiary alicyclic amines) is 1. The minimum atomic E-state index is 0.348. The number of hydrogen-bond donors (Lipinski definition) is 0. The van der Waals surface area contributed by atoms with Crippen LogP contribution in [0.25, 0.3) is 5.65 Å². The first-order chi connectivity index (χ1) is 12.8. The Balaban J connectivity index is 1.24. The summed E-state index contributed by atoms with van der Waals surface area (Å²) in [4.78, 5) is 16.3. The molecule has 2 aliphatic heterocycles. The van der Waals surface area contributed by atoms with Gasteiger partial charge < -0.3 is 9.80 Å². The van der Waals surface area contributed by atoms with Gasteiger partial charge in [0, 0.05) is 38.5 Å². The predicted molar refractivity (Wildman–Crippen MR) is 98.1 cm³/mol. The summed E-state index contributed by atoms with van der Waals surface area (Å²) in [5, 5.41) is 13.0. The van der Waals surface area contributed by atoms with E-state index >= 15 is 0 Å². The van der Waals surface area contributed by atoms with E-state index in [2.05, 4.69) is 31.2 Å².